The number of hydrogen-bond donors (Lipinski definition) is 3. The van der Waals surface area contributed by atoms with E-state index in [1.165, 1.54) is 18.2 Å². The summed E-state index contributed by atoms with van der Waals surface area (Å²) in [5, 5.41) is 11.5. The summed E-state index contributed by atoms with van der Waals surface area (Å²) in [5.74, 6) is -1.77. The molecule has 0 aliphatic rings. The van der Waals surface area contributed by atoms with E-state index < -0.39 is 27.9 Å². The average molecular weight is 390 g/mol. The van der Waals surface area contributed by atoms with Crippen molar-refractivity contribution >= 4 is 21.9 Å². The summed E-state index contributed by atoms with van der Waals surface area (Å²) in [4.78, 5) is 23.5. The summed E-state index contributed by atoms with van der Waals surface area (Å²) in [6, 6.07) is 12.2. The molecule has 0 radical (unpaired) electrons. The van der Waals surface area contributed by atoms with E-state index in [0.29, 0.717) is 5.56 Å². The van der Waals surface area contributed by atoms with Crippen molar-refractivity contribution in [1.29, 1.82) is 0 Å². The van der Waals surface area contributed by atoms with Crippen LogP contribution in [-0.4, -0.2) is 31.4 Å². The zero-order chi connectivity index (χ0) is 20.0. The number of carboxylic acid groups (broad SMARTS) is 1. The molecule has 1 atom stereocenters. The number of aliphatic carboxylic acids is 1. The van der Waals surface area contributed by atoms with Gasteiger partial charge >= 0.3 is 5.97 Å². The van der Waals surface area contributed by atoms with Crippen LogP contribution >= 0.6 is 0 Å². The molecule has 0 aliphatic heterocycles. The van der Waals surface area contributed by atoms with Crippen molar-refractivity contribution < 1.29 is 23.1 Å². The summed E-state index contributed by atoms with van der Waals surface area (Å²) >= 11 is 0. The molecule has 0 saturated heterocycles. The Bertz CT molecular complexity index is 926. The van der Waals surface area contributed by atoms with E-state index in [0.717, 1.165) is 5.56 Å². The van der Waals surface area contributed by atoms with Crippen LogP contribution in [-0.2, 0) is 21.4 Å². The molecule has 8 heteroatoms. The number of benzene rings is 2. The van der Waals surface area contributed by atoms with Crippen LogP contribution in [0.4, 0.5) is 0 Å². The Morgan fingerprint density at radius 1 is 1.11 bits per heavy atom. The summed E-state index contributed by atoms with van der Waals surface area (Å²) in [6.45, 7) is 3.42. The second-order valence-corrected chi connectivity index (χ2v) is 7.83. The summed E-state index contributed by atoms with van der Waals surface area (Å²) < 4.78 is 27.6. The highest BCUT2D eigenvalue weighted by molar-refractivity contribution is 7.89. The second-order valence-electron chi connectivity index (χ2n) is 6.06. The Kier molecular flexibility index (Phi) is 6.70. The van der Waals surface area contributed by atoms with Gasteiger partial charge in [0.05, 0.1) is 4.90 Å². The number of sulfonamides is 1. The Hall–Kier alpha value is -2.71. The lowest BCUT2D eigenvalue weighted by atomic mass is 10.1. The normalized spacial score (nSPS) is 12.4. The minimum Gasteiger partial charge on any atom is -0.480 e. The lowest BCUT2D eigenvalue weighted by Gasteiger charge is -2.14. The van der Waals surface area contributed by atoms with E-state index in [4.69, 9.17) is 5.11 Å². The van der Waals surface area contributed by atoms with Crippen LogP contribution < -0.4 is 10.0 Å². The zero-order valence-electron chi connectivity index (χ0n) is 15.1. The second kappa shape index (κ2) is 8.79. The summed E-state index contributed by atoms with van der Waals surface area (Å²) in [6.07, 6.45) is 0.219. The van der Waals surface area contributed by atoms with E-state index in [2.05, 4.69) is 10.0 Å². The lowest BCUT2D eigenvalue weighted by molar-refractivity contribution is -0.139. The Morgan fingerprint density at radius 3 is 2.37 bits per heavy atom. The highest BCUT2D eigenvalue weighted by Crippen LogP contribution is 2.16. The molecule has 0 aliphatic carbocycles. The van der Waals surface area contributed by atoms with Crippen molar-refractivity contribution in [2.45, 2.75) is 37.8 Å². The van der Waals surface area contributed by atoms with Crippen LogP contribution in [0.15, 0.2) is 53.4 Å². The van der Waals surface area contributed by atoms with Crippen molar-refractivity contribution in [2.75, 3.05) is 0 Å². The maximum absolute atomic E-state index is 12.5. The Labute approximate surface area is 158 Å². The van der Waals surface area contributed by atoms with Crippen LogP contribution in [0, 0.1) is 6.92 Å². The van der Waals surface area contributed by atoms with Gasteiger partial charge in [-0.1, -0.05) is 43.3 Å². The number of hydrogen-bond acceptors (Lipinski definition) is 4. The number of amides is 1. The molecule has 2 rings (SSSR count). The third-order valence-corrected chi connectivity index (χ3v) is 5.48. The Morgan fingerprint density at radius 2 is 1.78 bits per heavy atom. The van der Waals surface area contributed by atoms with Crippen molar-refractivity contribution in [3.05, 3.63) is 65.2 Å². The topological polar surface area (TPSA) is 113 Å². The van der Waals surface area contributed by atoms with E-state index >= 15 is 0 Å². The van der Waals surface area contributed by atoms with Gasteiger partial charge in [0.1, 0.15) is 6.04 Å². The van der Waals surface area contributed by atoms with Crippen molar-refractivity contribution in [1.82, 2.24) is 10.0 Å². The third-order valence-electron chi connectivity index (χ3n) is 4.08. The molecular formula is C19H22N2O5S. The molecule has 27 heavy (non-hydrogen) atoms. The number of carbonyl (C=O) groups excluding carboxylic acids is 1. The fourth-order valence-electron chi connectivity index (χ4n) is 2.44. The molecule has 7 nitrogen and oxygen atoms in total. The molecule has 0 fully saturated rings. The van der Waals surface area contributed by atoms with Crippen molar-refractivity contribution in [3.63, 3.8) is 0 Å². The lowest BCUT2D eigenvalue weighted by Crippen LogP contribution is -2.40. The average Bonchev–Trinajstić information content (AvgIpc) is 2.65. The smallest absolute Gasteiger partial charge is 0.326 e. The molecule has 0 spiro atoms. The first-order valence-electron chi connectivity index (χ1n) is 8.42. The minimum absolute atomic E-state index is 0.0578. The summed E-state index contributed by atoms with van der Waals surface area (Å²) in [7, 11) is -3.83. The van der Waals surface area contributed by atoms with Gasteiger partial charge in [-0.3, -0.25) is 4.79 Å². The number of carboxylic acids is 1. The SMILES string of the molecule is CCC(NC(=O)c1cc(S(=O)(=O)NCc2ccccc2)ccc1C)C(=O)O. The van der Waals surface area contributed by atoms with Crippen LogP contribution in [0.25, 0.3) is 0 Å². The fraction of sp³-hybridized carbons (Fsp3) is 0.263. The largest absolute Gasteiger partial charge is 0.480 e. The fourth-order valence-corrected chi connectivity index (χ4v) is 3.49. The van der Waals surface area contributed by atoms with Gasteiger partial charge in [-0.05, 0) is 36.6 Å². The first-order valence-corrected chi connectivity index (χ1v) is 9.91. The van der Waals surface area contributed by atoms with Crippen LogP contribution in [0.2, 0.25) is 0 Å². The molecule has 2 aromatic carbocycles. The van der Waals surface area contributed by atoms with E-state index in [1.807, 2.05) is 18.2 Å². The monoisotopic (exact) mass is 390 g/mol. The molecule has 1 unspecified atom stereocenters. The number of aryl methyl sites for hydroxylation is 1. The highest BCUT2D eigenvalue weighted by Gasteiger charge is 2.22. The number of nitrogens with one attached hydrogen (secondary N) is 2. The minimum atomic E-state index is -3.83. The van der Waals surface area contributed by atoms with E-state index in [-0.39, 0.29) is 23.4 Å². The maximum atomic E-state index is 12.5. The molecule has 144 valence electrons. The van der Waals surface area contributed by atoms with Crippen molar-refractivity contribution in [3.8, 4) is 0 Å². The Balaban J connectivity index is 2.22. The molecule has 0 aromatic heterocycles. The quantitative estimate of drug-likeness (QED) is 0.639. The predicted octanol–water partition coefficient (Wildman–Crippen LogP) is 2.07. The first kappa shape index (κ1) is 20.6. The van der Waals surface area contributed by atoms with Crippen LogP contribution in [0.3, 0.4) is 0 Å². The predicted molar refractivity (Wildman–Crippen MR) is 101 cm³/mol. The van der Waals surface area contributed by atoms with Gasteiger partial charge in [0.2, 0.25) is 10.0 Å². The van der Waals surface area contributed by atoms with Gasteiger partial charge in [-0.2, -0.15) is 0 Å². The van der Waals surface area contributed by atoms with Crippen molar-refractivity contribution in [2.24, 2.45) is 0 Å². The molecule has 0 saturated carbocycles. The third kappa shape index (κ3) is 5.38. The van der Waals surface area contributed by atoms with Gasteiger partial charge in [-0.15, -0.1) is 0 Å². The van der Waals surface area contributed by atoms with Gasteiger partial charge in [0, 0.05) is 12.1 Å². The molecule has 1 amide bonds. The standard InChI is InChI=1S/C19H22N2O5S/c1-3-17(19(23)24)21-18(22)16-11-15(10-9-13(16)2)27(25,26)20-12-14-7-5-4-6-8-14/h4-11,17,20H,3,12H2,1-2H3,(H,21,22)(H,23,24). The first-order chi connectivity index (χ1) is 12.7. The molecular weight excluding hydrogens is 368 g/mol. The highest BCUT2D eigenvalue weighted by atomic mass is 32.2. The van der Waals surface area contributed by atoms with Crippen LogP contribution in [0.5, 0.6) is 0 Å². The molecule has 2 aromatic rings. The van der Waals surface area contributed by atoms with Crippen LogP contribution in [0.1, 0.15) is 34.8 Å². The van der Waals surface area contributed by atoms with Gasteiger partial charge < -0.3 is 10.4 Å². The zero-order valence-corrected chi connectivity index (χ0v) is 15.9. The maximum Gasteiger partial charge on any atom is 0.326 e. The molecule has 0 heterocycles. The number of carbonyl (C=O) groups is 2. The van der Waals surface area contributed by atoms with Gasteiger partial charge in [-0.25, -0.2) is 17.9 Å². The van der Waals surface area contributed by atoms with E-state index in [1.54, 1.807) is 26.0 Å². The van der Waals surface area contributed by atoms with Gasteiger partial charge in [0.15, 0.2) is 0 Å². The molecule has 0 bridgehead atoms. The van der Waals surface area contributed by atoms with E-state index in [9.17, 15) is 18.0 Å². The summed E-state index contributed by atoms with van der Waals surface area (Å²) in [5.41, 5.74) is 1.48. The van der Waals surface area contributed by atoms with Gasteiger partial charge in [0.25, 0.3) is 5.91 Å². The molecule has 3 N–H and O–H groups in total. The number of rotatable bonds is 8.